The van der Waals surface area contributed by atoms with Crippen LogP contribution in [0.25, 0.3) is 27.5 Å². The quantitative estimate of drug-likeness (QED) is 0.208. The zero-order valence-electron chi connectivity index (χ0n) is 30.6. The van der Waals surface area contributed by atoms with E-state index in [1.165, 1.54) is 0 Å². The zero-order valence-corrected chi connectivity index (χ0v) is 31.5. The molecule has 0 aliphatic carbocycles. The third-order valence-electron chi connectivity index (χ3n) is 11.2. The Bertz CT molecular complexity index is 2260. The Morgan fingerprint density at radius 3 is 2.53 bits per heavy atom. The average molecular weight is 759 g/mol. The maximum Gasteiger partial charge on any atom is 0.234 e. The molecule has 2 N–H and O–H groups in total. The zero-order chi connectivity index (χ0) is 37.5. The van der Waals surface area contributed by atoms with Gasteiger partial charge in [0.1, 0.15) is 11.9 Å². The predicted octanol–water partition coefficient (Wildman–Crippen LogP) is 3.94. The summed E-state index contributed by atoms with van der Waals surface area (Å²) in [5.74, 6) is 0.852. The summed E-state index contributed by atoms with van der Waals surface area (Å²) in [6.07, 6.45) is 8.36. The number of rotatable bonds is 9. The van der Waals surface area contributed by atoms with Gasteiger partial charge < -0.3 is 19.9 Å². The first-order valence-corrected chi connectivity index (χ1v) is 19.7. The van der Waals surface area contributed by atoms with Crippen molar-refractivity contribution in [1.29, 1.82) is 5.26 Å². The number of hydrogen-bond donors (Lipinski definition) is 2. The van der Waals surface area contributed by atoms with Crippen molar-refractivity contribution in [2.45, 2.75) is 44.1 Å². The predicted molar refractivity (Wildman–Crippen MR) is 208 cm³/mol. The van der Waals surface area contributed by atoms with Crippen LogP contribution in [0, 0.1) is 17.2 Å². The largest absolute Gasteiger partial charge is 0.376 e. The number of imide groups is 1. The van der Waals surface area contributed by atoms with E-state index in [1.807, 2.05) is 42.6 Å². The van der Waals surface area contributed by atoms with Crippen LogP contribution < -0.4 is 20.4 Å². The molecule has 4 aliphatic rings. The van der Waals surface area contributed by atoms with Crippen LogP contribution in [-0.2, 0) is 14.3 Å². The minimum Gasteiger partial charge on any atom is -0.376 e. The summed E-state index contributed by atoms with van der Waals surface area (Å²) in [6.45, 7) is 10.1. The first-order valence-electron chi connectivity index (χ1n) is 18.9. The molecule has 5 aromatic rings. The Balaban J connectivity index is 0.808. The topological polar surface area (TPSA) is 170 Å². The second kappa shape index (κ2) is 14.6. The van der Waals surface area contributed by atoms with E-state index in [4.69, 9.17) is 14.7 Å². The van der Waals surface area contributed by atoms with Gasteiger partial charge in [0.25, 0.3) is 0 Å². The SMILES string of the molecule is CC1(Nc2cc(-c3ccc4cc(C#N)cnn34)ncc2-c2nnc(N3CCN(CC4CCN(c5ccc([C@H]6CCC(=O)NC6=O)cn5)CC4)CC3)s2)COC1. The van der Waals surface area contributed by atoms with Gasteiger partial charge in [-0.2, -0.15) is 10.4 Å². The number of fused-ring (bicyclic) bond motifs is 1. The summed E-state index contributed by atoms with van der Waals surface area (Å²) in [5.41, 5.74) is 5.42. The molecule has 4 aliphatic heterocycles. The number of hydrogen-bond acceptors (Lipinski definition) is 14. The number of piperidine rings is 2. The lowest BCUT2D eigenvalue weighted by molar-refractivity contribution is -0.134. The number of nitriles is 1. The molecule has 16 heteroatoms. The second-order valence-electron chi connectivity index (χ2n) is 15.3. The van der Waals surface area contributed by atoms with Gasteiger partial charge in [-0.05, 0) is 68.0 Å². The second-order valence-corrected chi connectivity index (χ2v) is 16.2. The van der Waals surface area contributed by atoms with Gasteiger partial charge in [0, 0.05) is 70.3 Å². The lowest BCUT2D eigenvalue weighted by Crippen LogP contribution is -2.53. The van der Waals surface area contributed by atoms with Gasteiger partial charge in [0.2, 0.25) is 16.9 Å². The molecule has 0 saturated carbocycles. The van der Waals surface area contributed by atoms with Crippen molar-refractivity contribution < 1.29 is 14.3 Å². The Morgan fingerprint density at radius 2 is 1.80 bits per heavy atom. The monoisotopic (exact) mass is 758 g/mol. The summed E-state index contributed by atoms with van der Waals surface area (Å²) in [5, 5.41) is 31.0. The van der Waals surface area contributed by atoms with Gasteiger partial charge in [-0.15, -0.1) is 10.2 Å². The van der Waals surface area contributed by atoms with E-state index in [2.05, 4.69) is 53.6 Å². The molecule has 282 valence electrons. The van der Waals surface area contributed by atoms with Gasteiger partial charge in [0.15, 0.2) is 5.01 Å². The first kappa shape index (κ1) is 35.2. The Morgan fingerprint density at radius 1 is 0.964 bits per heavy atom. The molecule has 9 rings (SSSR count). The number of ether oxygens (including phenoxy) is 1. The van der Waals surface area contributed by atoms with E-state index in [-0.39, 0.29) is 23.3 Å². The van der Waals surface area contributed by atoms with Crippen molar-refractivity contribution in [1.82, 2.24) is 40.0 Å². The molecule has 1 atom stereocenters. The van der Waals surface area contributed by atoms with Crippen LogP contribution in [-0.4, -0.2) is 111 Å². The Hall–Kier alpha value is -5.50. The van der Waals surface area contributed by atoms with Crippen molar-refractivity contribution in [3.05, 3.63) is 66.1 Å². The minimum absolute atomic E-state index is 0.198. The molecule has 0 aromatic carbocycles. The van der Waals surface area contributed by atoms with Crippen LogP contribution >= 0.6 is 11.3 Å². The van der Waals surface area contributed by atoms with Gasteiger partial charge in [-0.1, -0.05) is 17.4 Å². The fourth-order valence-electron chi connectivity index (χ4n) is 8.02. The van der Waals surface area contributed by atoms with Crippen LogP contribution in [0.1, 0.15) is 49.7 Å². The summed E-state index contributed by atoms with van der Waals surface area (Å²) in [4.78, 5) is 40.6. The molecule has 9 heterocycles. The average Bonchev–Trinajstić information content (AvgIpc) is 3.86. The molecular weight excluding hydrogens is 717 g/mol. The number of anilines is 3. The molecule has 0 spiro atoms. The maximum absolute atomic E-state index is 12.3. The van der Waals surface area contributed by atoms with Crippen LogP contribution in [0.3, 0.4) is 0 Å². The third-order valence-corrected chi connectivity index (χ3v) is 12.2. The van der Waals surface area contributed by atoms with Crippen molar-refractivity contribution in [3.8, 4) is 28.0 Å². The van der Waals surface area contributed by atoms with Crippen LogP contribution in [0.15, 0.2) is 55.0 Å². The summed E-state index contributed by atoms with van der Waals surface area (Å²) in [6, 6.07) is 13.9. The van der Waals surface area contributed by atoms with Gasteiger partial charge in [-0.25, -0.2) is 9.50 Å². The summed E-state index contributed by atoms with van der Waals surface area (Å²) in [7, 11) is 0. The molecule has 5 aromatic heterocycles. The molecule has 15 nitrogen and oxygen atoms in total. The highest BCUT2D eigenvalue weighted by molar-refractivity contribution is 7.18. The van der Waals surface area contributed by atoms with Crippen LogP contribution in [0.5, 0.6) is 0 Å². The number of piperazine rings is 1. The number of aromatic nitrogens is 6. The van der Waals surface area contributed by atoms with E-state index < -0.39 is 0 Å². The fourth-order valence-corrected chi connectivity index (χ4v) is 8.94. The highest BCUT2D eigenvalue weighted by Gasteiger charge is 2.35. The highest BCUT2D eigenvalue weighted by atomic mass is 32.1. The first-order chi connectivity index (χ1) is 26.8. The third kappa shape index (κ3) is 7.22. The molecule has 4 saturated heterocycles. The smallest absolute Gasteiger partial charge is 0.234 e. The lowest BCUT2D eigenvalue weighted by Gasteiger charge is -2.40. The van der Waals surface area contributed by atoms with Crippen molar-refractivity contribution in [2.24, 2.45) is 5.92 Å². The maximum atomic E-state index is 12.3. The molecule has 55 heavy (non-hydrogen) atoms. The van der Waals surface area contributed by atoms with Gasteiger partial charge >= 0.3 is 0 Å². The van der Waals surface area contributed by atoms with Crippen LogP contribution in [0.2, 0.25) is 0 Å². The van der Waals surface area contributed by atoms with Crippen molar-refractivity contribution >= 4 is 45.3 Å². The minimum atomic E-state index is -0.307. The normalized spacial score (nSPS) is 20.6. The number of carbonyl (C=O) groups excluding carboxylic acids is 2. The van der Waals surface area contributed by atoms with E-state index >= 15 is 0 Å². The number of pyridine rings is 2. The van der Waals surface area contributed by atoms with Gasteiger partial charge in [-0.3, -0.25) is 24.8 Å². The number of nitrogens with one attached hydrogen (secondary N) is 2. The van der Waals surface area contributed by atoms with E-state index in [0.29, 0.717) is 37.5 Å². The molecule has 4 fully saturated rings. The Kier molecular flexibility index (Phi) is 9.36. The molecule has 0 unspecified atom stereocenters. The van der Waals surface area contributed by atoms with E-state index in [0.717, 1.165) is 108 Å². The molecule has 0 radical (unpaired) electrons. The molecular formula is C39H42N12O3S. The van der Waals surface area contributed by atoms with Crippen molar-refractivity contribution in [3.63, 3.8) is 0 Å². The van der Waals surface area contributed by atoms with Crippen molar-refractivity contribution in [2.75, 3.05) is 74.1 Å². The number of amides is 2. The number of carbonyl (C=O) groups is 2. The lowest BCUT2D eigenvalue weighted by atomic mass is 9.91. The molecule has 2 amide bonds. The highest BCUT2D eigenvalue weighted by Crippen LogP contribution is 2.38. The van der Waals surface area contributed by atoms with Crippen LogP contribution in [0.4, 0.5) is 16.6 Å². The van der Waals surface area contributed by atoms with E-state index in [1.54, 1.807) is 28.2 Å². The number of nitrogens with zero attached hydrogens (tertiary/aromatic N) is 10. The Labute approximate surface area is 322 Å². The summed E-state index contributed by atoms with van der Waals surface area (Å²) >= 11 is 1.59. The fraction of sp³-hybridized carbons (Fsp3) is 0.436. The summed E-state index contributed by atoms with van der Waals surface area (Å²) < 4.78 is 7.35. The van der Waals surface area contributed by atoms with E-state index in [9.17, 15) is 14.9 Å². The van der Waals surface area contributed by atoms with Gasteiger partial charge in [0.05, 0.1) is 58.9 Å². The molecule has 0 bridgehead atoms. The standard InChI is InChI=1S/C39H42N12O3S/c1-39(23-54-24-39)45-31-17-32(33-5-3-28-16-26(18-40)19-43-51(28)33)41-21-30(31)37-46-47-38(55-37)50-14-12-48(13-15-50)22-25-8-10-49(11-9-25)34-6-2-27(20-42-34)29-4-7-35(52)44-36(29)53/h2-3,5-6,16-17,19-21,25,29H,4,7-15,22-24H2,1H3,(H,41,45)(H,44,52,53)/t29-/m1/s1.